The predicted molar refractivity (Wildman–Crippen MR) is 77.7 cm³/mol. The molecule has 1 heterocycles. The molecule has 2 atom stereocenters. The Balaban J connectivity index is 2.06. The van der Waals surface area contributed by atoms with Crippen molar-refractivity contribution in [2.75, 3.05) is 0 Å². The summed E-state index contributed by atoms with van der Waals surface area (Å²) in [6.45, 7) is 4.44. The van der Waals surface area contributed by atoms with Crippen LogP contribution < -0.4 is 5.32 Å². The van der Waals surface area contributed by atoms with Gasteiger partial charge in [-0.3, -0.25) is 4.79 Å². The van der Waals surface area contributed by atoms with Crippen molar-refractivity contribution in [2.45, 2.75) is 39.2 Å². The second-order valence-electron chi connectivity index (χ2n) is 5.55. The van der Waals surface area contributed by atoms with E-state index in [1.54, 1.807) is 12.1 Å². The molecule has 1 N–H and O–H groups in total. The van der Waals surface area contributed by atoms with Crippen molar-refractivity contribution in [2.24, 2.45) is 11.8 Å². The molecule has 1 aliphatic rings. The van der Waals surface area contributed by atoms with E-state index < -0.39 is 0 Å². The Kier molecular flexibility index (Phi) is 4.69. The maximum Gasteiger partial charge on any atom is 0.271 e. The number of aromatic nitrogens is 1. The SMILES string of the molecule is CC1CC(C)CC(NC(=O)c2nc(Cl)ccc2Cl)C1. The number of carbonyl (C=O) groups excluding carboxylic acids is 1. The molecule has 0 radical (unpaired) electrons. The summed E-state index contributed by atoms with van der Waals surface area (Å²) in [5.41, 5.74) is 0.208. The Morgan fingerprint density at radius 3 is 2.47 bits per heavy atom. The van der Waals surface area contributed by atoms with Gasteiger partial charge in [-0.1, -0.05) is 37.0 Å². The number of rotatable bonds is 2. The van der Waals surface area contributed by atoms with Gasteiger partial charge in [0.05, 0.1) is 5.02 Å². The first-order chi connectivity index (χ1) is 8.95. The van der Waals surface area contributed by atoms with E-state index in [9.17, 15) is 4.79 Å². The molecule has 2 unspecified atom stereocenters. The Labute approximate surface area is 123 Å². The van der Waals surface area contributed by atoms with Gasteiger partial charge in [-0.05, 0) is 43.2 Å². The van der Waals surface area contributed by atoms with E-state index in [1.807, 2.05) is 0 Å². The molecule has 1 aromatic rings. The zero-order chi connectivity index (χ0) is 14.0. The zero-order valence-corrected chi connectivity index (χ0v) is 12.6. The van der Waals surface area contributed by atoms with E-state index in [0.717, 1.165) is 12.8 Å². The lowest BCUT2D eigenvalue weighted by Crippen LogP contribution is -2.40. The van der Waals surface area contributed by atoms with Crippen molar-refractivity contribution >= 4 is 29.1 Å². The van der Waals surface area contributed by atoms with Gasteiger partial charge in [0.2, 0.25) is 0 Å². The summed E-state index contributed by atoms with van der Waals surface area (Å²) in [6.07, 6.45) is 3.24. The van der Waals surface area contributed by atoms with Crippen LogP contribution in [0.1, 0.15) is 43.6 Å². The smallest absolute Gasteiger partial charge is 0.271 e. The van der Waals surface area contributed by atoms with Gasteiger partial charge >= 0.3 is 0 Å². The Morgan fingerprint density at radius 2 is 1.84 bits per heavy atom. The molecule has 1 fully saturated rings. The number of halogens is 2. The highest BCUT2D eigenvalue weighted by molar-refractivity contribution is 6.34. The van der Waals surface area contributed by atoms with Crippen LogP contribution >= 0.6 is 23.2 Å². The van der Waals surface area contributed by atoms with Crippen LogP contribution in [0.25, 0.3) is 0 Å². The fourth-order valence-electron chi connectivity index (χ4n) is 2.90. The first-order valence-corrected chi connectivity index (χ1v) is 7.34. The summed E-state index contributed by atoms with van der Waals surface area (Å²) in [6, 6.07) is 3.37. The zero-order valence-electron chi connectivity index (χ0n) is 11.1. The molecule has 104 valence electrons. The highest BCUT2D eigenvalue weighted by Crippen LogP contribution is 2.29. The minimum atomic E-state index is -0.237. The molecule has 0 bridgehead atoms. The minimum Gasteiger partial charge on any atom is -0.348 e. The molecule has 5 heteroatoms. The van der Waals surface area contributed by atoms with Crippen molar-refractivity contribution in [3.05, 3.63) is 28.0 Å². The molecular formula is C14H18Cl2N2O. The summed E-state index contributed by atoms with van der Waals surface area (Å²) in [7, 11) is 0. The monoisotopic (exact) mass is 300 g/mol. The Hall–Kier alpha value is -0.800. The van der Waals surface area contributed by atoms with Crippen LogP contribution in [-0.2, 0) is 0 Å². The summed E-state index contributed by atoms with van der Waals surface area (Å²) in [4.78, 5) is 16.2. The van der Waals surface area contributed by atoms with Gasteiger partial charge in [-0.2, -0.15) is 0 Å². The lowest BCUT2D eigenvalue weighted by atomic mass is 9.80. The maximum absolute atomic E-state index is 12.2. The first kappa shape index (κ1) is 14.6. The van der Waals surface area contributed by atoms with Crippen LogP contribution in [-0.4, -0.2) is 16.9 Å². The van der Waals surface area contributed by atoms with Crippen molar-refractivity contribution in [1.82, 2.24) is 10.3 Å². The quantitative estimate of drug-likeness (QED) is 0.841. The van der Waals surface area contributed by atoms with E-state index in [0.29, 0.717) is 16.9 Å². The second kappa shape index (κ2) is 6.10. The molecule has 3 nitrogen and oxygen atoms in total. The number of hydrogen-bond donors (Lipinski definition) is 1. The lowest BCUT2D eigenvalue weighted by molar-refractivity contribution is 0.0906. The minimum absolute atomic E-state index is 0.197. The number of nitrogens with zero attached hydrogens (tertiary/aromatic N) is 1. The molecule has 1 aliphatic carbocycles. The molecule has 1 aromatic heterocycles. The standard InChI is InChI=1S/C14H18Cl2N2O/c1-8-5-9(2)7-10(6-8)17-14(19)13-11(15)3-4-12(16)18-13/h3-4,8-10H,5-7H2,1-2H3,(H,17,19). The number of pyridine rings is 1. The Bertz CT molecular complexity index is 469. The van der Waals surface area contributed by atoms with Crippen LogP contribution in [0.5, 0.6) is 0 Å². The van der Waals surface area contributed by atoms with Crippen LogP contribution in [0, 0.1) is 11.8 Å². The van der Waals surface area contributed by atoms with Gasteiger partial charge in [0.1, 0.15) is 10.8 Å². The van der Waals surface area contributed by atoms with Gasteiger partial charge in [-0.15, -0.1) is 0 Å². The van der Waals surface area contributed by atoms with Gasteiger partial charge in [-0.25, -0.2) is 4.98 Å². The van der Waals surface area contributed by atoms with Crippen molar-refractivity contribution in [1.29, 1.82) is 0 Å². The van der Waals surface area contributed by atoms with Crippen LogP contribution in [0.3, 0.4) is 0 Å². The van der Waals surface area contributed by atoms with Crippen LogP contribution in [0.2, 0.25) is 10.2 Å². The Morgan fingerprint density at radius 1 is 1.21 bits per heavy atom. The highest BCUT2D eigenvalue weighted by Gasteiger charge is 2.26. The van der Waals surface area contributed by atoms with Crippen molar-refractivity contribution in [3.8, 4) is 0 Å². The van der Waals surface area contributed by atoms with Crippen molar-refractivity contribution < 1.29 is 4.79 Å². The third-order valence-electron chi connectivity index (χ3n) is 3.54. The van der Waals surface area contributed by atoms with Gasteiger partial charge in [0, 0.05) is 6.04 Å². The highest BCUT2D eigenvalue weighted by atomic mass is 35.5. The summed E-state index contributed by atoms with van der Waals surface area (Å²) in [5.74, 6) is 1.03. The van der Waals surface area contributed by atoms with Gasteiger partial charge < -0.3 is 5.32 Å². The summed E-state index contributed by atoms with van der Waals surface area (Å²) >= 11 is 11.8. The van der Waals surface area contributed by atoms with E-state index in [-0.39, 0.29) is 22.8 Å². The number of carbonyl (C=O) groups is 1. The topological polar surface area (TPSA) is 42.0 Å². The van der Waals surface area contributed by atoms with Crippen LogP contribution in [0.4, 0.5) is 0 Å². The molecule has 0 aromatic carbocycles. The van der Waals surface area contributed by atoms with Gasteiger partial charge in [0.15, 0.2) is 0 Å². The first-order valence-electron chi connectivity index (χ1n) is 6.58. The van der Waals surface area contributed by atoms with E-state index in [2.05, 4.69) is 24.1 Å². The molecular weight excluding hydrogens is 283 g/mol. The largest absolute Gasteiger partial charge is 0.348 e. The normalized spacial score (nSPS) is 27.1. The predicted octanol–water partition coefficient (Wildman–Crippen LogP) is 3.94. The third kappa shape index (κ3) is 3.83. The van der Waals surface area contributed by atoms with Crippen LogP contribution in [0.15, 0.2) is 12.1 Å². The molecule has 19 heavy (non-hydrogen) atoms. The maximum atomic E-state index is 12.2. The molecule has 1 saturated carbocycles. The second-order valence-corrected chi connectivity index (χ2v) is 6.35. The average Bonchev–Trinajstić information content (AvgIpc) is 2.30. The van der Waals surface area contributed by atoms with Crippen molar-refractivity contribution in [3.63, 3.8) is 0 Å². The summed E-state index contributed by atoms with van der Waals surface area (Å²) < 4.78 is 0. The fraction of sp³-hybridized carbons (Fsp3) is 0.571. The number of hydrogen-bond acceptors (Lipinski definition) is 2. The van der Waals surface area contributed by atoms with E-state index in [4.69, 9.17) is 23.2 Å². The number of amides is 1. The molecule has 0 spiro atoms. The van der Waals surface area contributed by atoms with E-state index >= 15 is 0 Å². The molecule has 2 rings (SSSR count). The third-order valence-corrected chi connectivity index (χ3v) is 4.06. The fourth-order valence-corrected chi connectivity index (χ4v) is 3.23. The van der Waals surface area contributed by atoms with Gasteiger partial charge in [0.25, 0.3) is 5.91 Å². The molecule has 0 saturated heterocycles. The molecule has 1 amide bonds. The summed E-state index contributed by atoms with van der Waals surface area (Å²) in [5, 5.41) is 3.63. The average molecular weight is 301 g/mol. The lowest BCUT2D eigenvalue weighted by Gasteiger charge is -2.31. The molecule has 0 aliphatic heterocycles. The number of nitrogens with one attached hydrogen (secondary N) is 1. The van der Waals surface area contributed by atoms with E-state index in [1.165, 1.54) is 6.42 Å².